The van der Waals surface area contributed by atoms with Crippen LogP contribution in [0.4, 0.5) is 13.2 Å². The first-order valence-corrected chi connectivity index (χ1v) is 12.9. The molecule has 7 nitrogen and oxygen atoms in total. The Morgan fingerprint density at radius 1 is 1.00 bits per heavy atom. The van der Waals surface area contributed by atoms with Crippen molar-refractivity contribution in [2.75, 3.05) is 0 Å². The summed E-state index contributed by atoms with van der Waals surface area (Å²) in [4.78, 5) is 12.6. The topological polar surface area (TPSA) is 105 Å². The van der Waals surface area contributed by atoms with Crippen LogP contribution in [0.2, 0.25) is 0 Å². The summed E-state index contributed by atoms with van der Waals surface area (Å²) in [6.45, 7) is 1.95. The molecule has 0 bridgehead atoms. The third-order valence-corrected chi connectivity index (χ3v) is 6.96. The Morgan fingerprint density at radius 3 is 2.30 bits per heavy atom. The minimum absolute atomic E-state index is 0.123. The quantitative estimate of drug-likeness (QED) is 0.293. The smallest absolute Gasteiger partial charge is 0.282 e. The molecule has 2 N–H and O–H groups in total. The van der Waals surface area contributed by atoms with Crippen LogP contribution in [-0.2, 0) is 22.7 Å². The maximum atomic E-state index is 14.0. The molecular weight excluding hydrogens is 507 g/mol. The normalized spacial score (nSPS) is 13.0. The van der Waals surface area contributed by atoms with Crippen molar-refractivity contribution in [3.63, 3.8) is 0 Å². The minimum Gasteiger partial charge on any atom is -0.282 e. The van der Waals surface area contributed by atoms with Gasteiger partial charge in [-0.3, -0.25) is 9.12 Å². The highest BCUT2D eigenvalue weighted by Crippen LogP contribution is 2.39. The van der Waals surface area contributed by atoms with E-state index in [-0.39, 0.29) is 16.0 Å². The summed E-state index contributed by atoms with van der Waals surface area (Å²) < 4.78 is 76.6. The second-order valence-corrected chi connectivity index (χ2v) is 9.89. The van der Waals surface area contributed by atoms with Gasteiger partial charge < -0.3 is 0 Å². The lowest BCUT2D eigenvalue weighted by Gasteiger charge is -2.24. The van der Waals surface area contributed by atoms with E-state index in [0.717, 1.165) is 12.5 Å². The molecule has 3 aromatic carbocycles. The lowest BCUT2D eigenvalue weighted by atomic mass is 9.92. The molecule has 1 unspecified atom stereocenters. The van der Waals surface area contributed by atoms with Gasteiger partial charge in [-0.25, -0.2) is 9.89 Å². The predicted octanol–water partition coefficient (Wildman–Crippen LogP) is 5.48. The Kier molecular flexibility index (Phi) is 7.37. The Labute approximate surface area is 211 Å². The van der Waals surface area contributed by atoms with Crippen molar-refractivity contribution < 1.29 is 26.1 Å². The van der Waals surface area contributed by atoms with Crippen LogP contribution < -0.4 is 5.69 Å². The lowest BCUT2D eigenvalue weighted by molar-refractivity contribution is -0.138. The number of aryl methyl sites for hydroxylation is 1. The average Bonchev–Trinajstić information content (AvgIpc) is 3.22. The van der Waals surface area contributed by atoms with E-state index in [1.165, 1.54) is 53.1 Å². The molecule has 11 heteroatoms. The maximum absolute atomic E-state index is 14.0. The lowest BCUT2D eigenvalue weighted by Crippen LogP contribution is -2.28. The van der Waals surface area contributed by atoms with Gasteiger partial charge >= 0.3 is 11.9 Å². The third kappa shape index (κ3) is 5.52. The van der Waals surface area contributed by atoms with Crippen molar-refractivity contribution in [2.45, 2.75) is 43.3 Å². The highest BCUT2D eigenvalue weighted by Gasteiger charge is 2.37. The van der Waals surface area contributed by atoms with Crippen LogP contribution in [-0.4, -0.2) is 27.7 Å². The molecule has 0 saturated carbocycles. The van der Waals surface area contributed by atoms with Gasteiger partial charge in [-0.1, -0.05) is 74.0 Å². The van der Waals surface area contributed by atoms with Crippen molar-refractivity contribution in [3.8, 4) is 11.1 Å². The molecule has 0 fully saturated rings. The zero-order valence-corrected chi connectivity index (χ0v) is 20.6. The average molecular weight is 532 g/mol. The fourth-order valence-corrected chi connectivity index (χ4v) is 5.07. The van der Waals surface area contributed by atoms with E-state index < -0.39 is 33.6 Å². The Morgan fingerprint density at radius 2 is 1.65 bits per heavy atom. The SMILES string of the molecule is CCCCc1n[nH]c(=O)n1C(c1ccc(-c2ccccc2S(=O)(=O)O)cc1)c1ccccc1C(F)(F)F. The number of unbranched alkanes of at least 4 members (excludes halogenated alkanes) is 1. The number of benzene rings is 3. The van der Waals surface area contributed by atoms with Crippen LogP contribution in [0.5, 0.6) is 0 Å². The van der Waals surface area contributed by atoms with Crippen LogP contribution in [0.3, 0.4) is 0 Å². The van der Waals surface area contributed by atoms with Crippen molar-refractivity contribution in [1.82, 2.24) is 14.8 Å². The molecule has 0 spiro atoms. The molecule has 0 radical (unpaired) electrons. The first-order valence-electron chi connectivity index (χ1n) is 11.5. The number of nitrogens with zero attached hydrogens (tertiary/aromatic N) is 2. The Hall–Kier alpha value is -3.70. The largest absolute Gasteiger partial charge is 0.416 e. The highest BCUT2D eigenvalue weighted by molar-refractivity contribution is 7.86. The van der Waals surface area contributed by atoms with E-state index in [1.54, 1.807) is 18.2 Å². The monoisotopic (exact) mass is 531 g/mol. The molecule has 0 aliphatic rings. The fraction of sp³-hybridized carbons (Fsp3) is 0.231. The van der Waals surface area contributed by atoms with Crippen LogP contribution in [0.1, 0.15) is 48.3 Å². The molecule has 0 aliphatic heterocycles. The number of hydrogen-bond donors (Lipinski definition) is 2. The number of alkyl halides is 3. The van der Waals surface area contributed by atoms with Gasteiger partial charge in [0, 0.05) is 12.0 Å². The summed E-state index contributed by atoms with van der Waals surface area (Å²) in [5.41, 5.74) is -0.629. The van der Waals surface area contributed by atoms with Gasteiger partial charge in [0.05, 0.1) is 11.6 Å². The predicted molar refractivity (Wildman–Crippen MR) is 132 cm³/mol. The minimum atomic E-state index is -4.67. The first kappa shape index (κ1) is 26.4. The fourth-order valence-electron chi connectivity index (χ4n) is 4.35. The van der Waals surface area contributed by atoms with E-state index in [0.29, 0.717) is 29.8 Å². The zero-order valence-electron chi connectivity index (χ0n) is 19.7. The van der Waals surface area contributed by atoms with Crippen LogP contribution in [0.25, 0.3) is 11.1 Å². The molecule has 4 rings (SSSR count). The van der Waals surface area contributed by atoms with Crippen LogP contribution in [0.15, 0.2) is 82.5 Å². The van der Waals surface area contributed by atoms with E-state index >= 15 is 0 Å². The second-order valence-electron chi connectivity index (χ2n) is 8.50. The van der Waals surface area contributed by atoms with E-state index in [2.05, 4.69) is 10.2 Å². The van der Waals surface area contributed by atoms with Gasteiger partial charge in [-0.2, -0.15) is 26.7 Å². The molecule has 194 valence electrons. The standard InChI is InChI=1S/C26H24F3N3O4S/c1-2-3-12-23-30-31-25(33)32(23)24(20-9-4-6-10-21(20)26(27,28)29)18-15-13-17(14-16-18)19-8-5-7-11-22(19)37(34,35)36/h4-11,13-16,24H,2-3,12H2,1H3,(H,31,33)(H,34,35,36). The van der Waals surface area contributed by atoms with Gasteiger partial charge in [0.2, 0.25) is 0 Å². The molecule has 0 aliphatic carbocycles. The zero-order chi connectivity index (χ0) is 26.8. The number of halogens is 3. The summed E-state index contributed by atoms with van der Waals surface area (Å²) in [6, 6.07) is 15.9. The molecular formula is C26H24F3N3O4S. The molecule has 37 heavy (non-hydrogen) atoms. The summed E-state index contributed by atoms with van der Waals surface area (Å²) in [6.07, 6.45) is -2.80. The van der Waals surface area contributed by atoms with Crippen molar-refractivity contribution in [3.05, 3.63) is 106 Å². The van der Waals surface area contributed by atoms with Gasteiger partial charge in [-0.15, -0.1) is 0 Å². The molecule has 0 saturated heterocycles. The number of H-pyrrole nitrogens is 1. The number of aromatic amines is 1. The molecule has 1 atom stereocenters. The third-order valence-electron chi connectivity index (χ3n) is 6.05. The summed E-state index contributed by atoms with van der Waals surface area (Å²) >= 11 is 0. The Bertz CT molecular complexity index is 1560. The van der Waals surface area contributed by atoms with E-state index in [1.807, 2.05) is 6.92 Å². The summed E-state index contributed by atoms with van der Waals surface area (Å²) in [5, 5.41) is 6.44. The first-order chi connectivity index (χ1) is 17.5. The van der Waals surface area contributed by atoms with Crippen molar-refractivity contribution in [1.29, 1.82) is 0 Å². The van der Waals surface area contributed by atoms with Crippen LogP contribution in [0, 0.1) is 0 Å². The maximum Gasteiger partial charge on any atom is 0.416 e. The number of hydrogen-bond acceptors (Lipinski definition) is 4. The number of rotatable bonds is 8. The number of aromatic nitrogens is 3. The summed E-state index contributed by atoms with van der Waals surface area (Å²) in [7, 11) is -4.51. The van der Waals surface area contributed by atoms with E-state index in [9.17, 15) is 30.9 Å². The van der Waals surface area contributed by atoms with Crippen molar-refractivity contribution in [2.24, 2.45) is 0 Å². The van der Waals surface area contributed by atoms with Gasteiger partial charge in [0.15, 0.2) is 0 Å². The molecule has 1 heterocycles. The van der Waals surface area contributed by atoms with Gasteiger partial charge in [0.25, 0.3) is 10.1 Å². The molecule has 4 aromatic rings. The van der Waals surface area contributed by atoms with Gasteiger partial charge in [0.1, 0.15) is 10.7 Å². The molecule has 0 amide bonds. The number of nitrogens with one attached hydrogen (secondary N) is 1. The van der Waals surface area contributed by atoms with Crippen molar-refractivity contribution >= 4 is 10.1 Å². The molecule has 1 aromatic heterocycles. The Balaban J connectivity index is 1.91. The van der Waals surface area contributed by atoms with E-state index in [4.69, 9.17) is 0 Å². The summed E-state index contributed by atoms with van der Waals surface area (Å²) in [5.74, 6) is 0.328. The van der Waals surface area contributed by atoms with Crippen LogP contribution >= 0.6 is 0 Å². The van der Waals surface area contributed by atoms with Gasteiger partial charge in [-0.05, 0) is 35.2 Å². The second kappa shape index (κ2) is 10.3. The highest BCUT2D eigenvalue weighted by atomic mass is 32.2.